The second-order valence-corrected chi connectivity index (χ2v) is 6.49. The highest BCUT2D eigenvalue weighted by Gasteiger charge is 2.20. The van der Waals surface area contributed by atoms with Crippen molar-refractivity contribution < 1.29 is 17.9 Å². The van der Waals surface area contributed by atoms with Gasteiger partial charge in [0.05, 0.1) is 11.6 Å². The Labute approximate surface area is 127 Å². The summed E-state index contributed by atoms with van der Waals surface area (Å²) in [6.07, 6.45) is 0. The Hall–Kier alpha value is -1.47. The molecular weight excluding hydrogens is 317 g/mol. The van der Waals surface area contributed by atoms with Gasteiger partial charge in [-0.3, -0.25) is 0 Å². The van der Waals surface area contributed by atoms with E-state index < -0.39 is 20.7 Å². The molecule has 2 N–H and O–H groups in total. The number of rotatable bonds is 5. The fourth-order valence-electron chi connectivity index (χ4n) is 1.71. The van der Waals surface area contributed by atoms with Gasteiger partial charge in [-0.05, 0) is 23.3 Å². The topological polar surface area (TPSA) is 66.4 Å². The van der Waals surface area contributed by atoms with Crippen molar-refractivity contribution in [3.8, 4) is 0 Å². The summed E-state index contributed by atoms with van der Waals surface area (Å²) in [6.45, 7) is -0.0697. The molecule has 7 heteroatoms. The molecule has 0 atom stereocenters. The minimum Gasteiger partial charge on any atom is -0.392 e. The third-order valence-corrected chi connectivity index (χ3v) is 4.59. The first-order valence-corrected chi connectivity index (χ1v) is 7.92. The molecular formula is C14H13ClFNO3S. The van der Waals surface area contributed by atoms with Crippen LogP contribution in [-0.2, 0) is 23.2 Å². The van der Waals surface area contributed by atoms with E-state index in [1.54, 1.807) is 24.3 Å². The molecule has 0 spiro atoms. The Bertz CT molecular complexity index is 732. The highest BCUT2D eigenvalue weighted by Crippen LogP contribution is 2.21. The zero-order valence-electron chi connectivity index (χ0n) is 10.9. The summed E-state index contributed by atoms with van der Waals surface area (Å²) in [4.78, 5) is -0.484. The van der Waals surface area contributed by atoms with Crippen LogP contribution in [0, 0.1) is 5.82 Å². The van der Waals surface area contributed by atoms with Crippen molar-refractivity contribution in [3.63, 3.8) is 0 Å². The van der Waals surface area contributed by atoms with Crippen LogP contribution in [0.15, 0.2) is 47.4 Å². The quantitative estimate of drug-likeness (QED) is 0.885. The van der Waals surface area contributed by atoms with Crippen LogP contribution >= 0.6 is 11.6 Å². The van der Waals surface area contributed by atoms with Gasteiger partial charge in [0.25, 0.3) is 0 Å². The Kier molecular flexibility index (Phi) is 4.95. The summed E-state index contributed by atoms with van der Waals surface area (Å²) < 4.78 is 40.2. The lowest BCUT2D eigenvalue weighted by molar-refractivity contribution is 0.282. The van der Waals surface area contributed by atoms with E-state index in [9.17, 15) is 12.8 Å². The van der Waals surface area contributed by atoms with Crippen LogP contribution in [0.1, 0.15) is 11.1 Å². The van der Waals surface area contributed by atoms with Crippen LogP contribution in [0.25, 0.3) is 0 Å². The van der Waals surface area contributed by atoms with Gasteiger partial charge in [0.1, 0.15) is 4.90 Å². The molecule has 0 saturated heterocycles. The van der Waals surface area contributed by atoms with Crippen molar-refractivity contribution in [2.24, 2.45) is 0 Å². The standard InChI is InChI=1S/C14H13ClFNO3S/c15-12-2-1-3-13(14(12)16)21(19,20)17-8-10-4-6-11(9-18)7-5-10/h1-7,17-18H,8-9H2. The Morgan fingerprint density at radius 3 is 2.33 bits per heavy atom. The lowest BCUT2D eigenvalue weighted by atomic mass is 10.1. The molecule has 2 aromatic carbocycles. The van der Waals surface area contributed by atoms with Crippen molar-refractivity contribution in [1.82, 2.24) is 4.72 Å². The van der Waals surface area contributed by atoms with E-state index in [0.29, 0.717) is 5.56 Å². The average Bonchev–Trinajstić information content (AvgIpc) is 2.48. The van der Waals surface area contributed by atoms with Gasteiger partial charge < -0.3 is 5.11 Å². The minimum absolute atomic E-state index is 0.0139. The Balaban J connectivity index is 2.15. The summed E-state index contributed by atoms with van der Waals surface area (Å²) >= 11 is 5.58. The summed E-state index contributed by atoms with van der Waals surface area (Å²) in [5.74, 6) is -0.970. The van der Waals surface area contributed by atoms with Gasteiger partial charge in [-0.15, -0.1) is 0 Å². The zero-order chi connectivity index (χ0) is 15.5. The molecule has 0 fully saturated rings. The third kappa shape index (κ3) is 3.79. The number of aliphatic hydroxyl groups excluding tert-OH is 1. The van der Waals surface area contributed by atoms with E-state index in [1.807, 2.05) is 0 Å². The molecule has 0 aliphatic carbocycles. The van der Waals surface area contributed by atoms with Crippen molar-refractivity contribution >= 4 is 21.6 Å². The first-order chi connectivity index (χ1) is 9.94. The lowest BCUT2D eigenvalue weighted by Crippen LogP contribution is -2.24. The molecule has 0 amide bonds. The molecule has 2 aromatic rings. The molecule has 0 aliphatic rings. The fourth-order valence-corrected chi connectivity index (χ4v) is 3.06. The van der Waals surface area contributed by atoms with E-state index in [1.165, 1.54) is 12.1 Å². The van der Waals surface area contributed by atoms with Crippen molar-refractivity contribution in [2.45, 2.75) is 18.0 Å². The molecule has 112 valence electrons. The van der Waals surface area contributed by atoms with Gasteiger partial charge in [0.15, 0.2) is 5.82 Å². The van der Waals surface area contributed by atoms with Crippen LogP contribution in [0.4, 0.5) is 4.39 Å². The van der Waals surface area contributed by atoms with Gasteiger partial charge in [-0.25, -0.2) is 17.5 Å². The van der Waals surface area contributed by atoms with Gasteiger partial charge in [-0.2, -0.15) is 0 Å². The number of nitrogens with one attached hydrogen (secondary N) is 1. The second kappa shape index (κ2) is 6.53. The highest BCUT2D eigenvalue weighted by atomic mass is 35.5. The van der Waals surface area contributed by atoms with Gasteiger partial charge in [0, 0.05) is 6.54 Å². The molecule has 0 aromatic heterocycles. The van der Waals surface area contributed by atoms with Crippen LogP contribution in [0.2, 0.25) is 5.02 Å². The first-order valence-electron chi connectivity index (χ1n) is 6.06. The zero-order valence-corrected chi connectivity index (χ0v) is 12.5. The van der Waals surface area contributed by atoms with Gasteiger partial charge in [0.2, 0.25) is 10.0 Å². The number of aliphatic hydroxyl groups is 1. The SMILES string of the molecule is O=S(=O)(NCc1ccc(CO)cc1)c1cccc(Cl)c1F. The monoisotopic (exact) mass is 329 g/mol. The molecule has 0 radical (unpaired) electrons. The summed E-state index contributed by atoms with van der Waals surface area (Å²) in [5, 5.41) is 8.68. The van der Waals surface area contributed by atoms with Crippen molar-refractivity contribution in [3.05, 3.63) is 64.4 Å². The van der Waals surface area contributed by atoms with Crippen LogP contribution in [0.3, 0.4) is 0 Å². The average molecular weight is 330 g/mol. The number of halogens is 2. The minimum atomic E-state index is -3.99. The maximum atomic E-state index is 13.7. The van der Waals surface area contributed by atoms with Crippen LogP contribution < -0.4 is 4.72 Å². The molecule has 21 heavy (non-hydrogen) atoms. The number of hydrogen-bond donors (Lipinski definition) is 2. The summed E-state index contributed by atoms with van der Waals surface area (Å²) in [5.41, 5.74) is 1.42. The summed E-state index contributed by atoms with van der Waals surface area (Å²) in [6, 6.07) is 10.5. The molecule has 0 aliphatic heterocycles. The van der Waals surface area contributed by atoms with Crippen molar-refractivity contribution in [2.75, 3.05) is 0 Å². The predicted octanol–water partition coefficient (Wildman–Crippen LogP) is 2.45. The number of hydrogen-bond acceptors (Lipinski definition) is 3. The van der Waals surface area contributed by atoms with E-state index >= 15 is 0 Å². The molecule has 0 heterocycles. The maximum Gasteiger partial charge on any atom is 0.243 e. The third-order valence-electron chi connectivity index (χ3n) is 2.88. The van der Waals surface area contributed by atoms with E-state index in [4.69, 9.17) is 16.7 Å². The van der Waals surface area contributed by atoms with Gasteiger partial charge >= 0.3 is 0 Å². The normalized spacial score (nSPS) is 11.6. The van der Waals surface area contributed by atoms with E-state index in [-0.39, 0.29) is 18.2 Å². The largest absolute Gasteiger partial charge is 0.392 e. The maximum absolute atomic E-state index is 13.7. The van der Waals surface area contributed by atoms with Crippen molar-refractivity contribution in [1.29, 1.82) is 0 Å². The Morgan fingerprint density at radius 1 is 1.10 bits per heavy atom. The highest BCUT2D eigenvalue weighted by molar-refractivity contribution is 7.89. The fraction of sp³-hybridized carbons (Fsp3) is 0.143. The predicted molar refractivity (Wildman–Crippen MR) is 77.8 cm³/mol. The van der Waals surface area contributed by atoms with Crippen LogP contribution in [0.5, 0.6) is 0 Å². The molecule has 4 nitrogen and oxygen atoms in total. The first kappa shape index (κ1) is 15.9. The summed E-state index contributed by atoms with van der Waals surface area (Å²) in [7, 11) is -3.99. The molecule has 0 unspecified atom stereocenters. The smallest absolute Gasteiger partial charge is 0.243 e. The molecule has 0 bridgehead atoms. The van der Waals surface area contributed by atoms with Crippen LogP contribution in [-0.4, -0.2) is 13.5 Å². The number of benzene rings is 2. The van der Waals surface area contributed by atoms with Gasteiger partial charge in [-0.1, -0.05) is 41.9 Å². The second-order valence-electron chi connectivity index (χ2n) is 4.35. The van der Waals surface area contributed by atoms with E-state index in [0.717, 1.165) is 11.6 Å². The lowest BCUT2D eigenvalue weighted by Gasteiger charge is -2.09. The molecule has 0 saturated carbocycles. The van der Waals surface area contributed by atoms with E-state index in [2.05, 4.69) is 4.72 Å². The molecule has 2 rings (SSSR count). The Morgan fingerprint density at radius 2 is 1.71 bits per heavy atom. The number of sulfonamides is 1.